The molecule has 0 aliphatic carbocycles. The van der Waals surface area contributed by atoms with Crippen LogP contribution in [0.5, 0.6) is 5.75 Å². The van der Waals surface area contributed by atoms with Gasteiger partial charge >= 0.3 is 0 Å². The second-order valence-corrected chi connectivity index (χ2v) is 8.15. The van der Waals surface area contributed by atoms with Gasteiger partial charge in [-0.3, -0.25) is 4.90 Å². The molecule has 1 aliphatic heterocycles. The normalized spacial score (nSPS) is 16.2. The van der Waals surface area contributed by atoms with E-state index in [1.165, 1.54) is 0 Å². The molecule has 1 aliphatic rings. The predicted molar refractivity (Wildman–Crippen MR) is 117 cm³/mol. The van der Waals surface area contributed by atoms with E-state index in [1.54, 1.807) is 0 Å². The van der Waals surface area contributed by atoms with Gasteiger partial charge in [-0.1, -0.05) is 33.6 Å². The van der Waals surface area contributed by atoms with Gasteiger partial charge in [0.05, 0.1) is 19.3 Å². The summed E-state index contributed by atoms with van der Waals surface area (Å²) in [4.78, 5) is 4.60. The van der Waals surface area contributed by atoms with Crippen molar-refractivity contribution >= 4 is 33.2 Å². The molecule has 0 unspecified atom stereocenters. The van der Waals surface area contributed by atoms with E-state index >= 15 is 0 Å². The molecule has 152 valence electrons. The van der Waals surface area contributed by atoms with Gasteiger partial charge in [-0.15, -0.1) is 0 Å². The van der Waals surface area contributed by atoms with Crippen molar-refractivity contribution in [1.29, 1.82) is 0 Å². The predicted octanol–water partition coefficient (Wildman–Crippen LogP) is 3.68. The van der Waals surface area contributed by atoms with E-state index in [9.17, 15) is 5.11 Å². The molecule has 0 bridgehead atoms. The Balaban J connectivity index is 1.28. The zero-order valence-corrected chi connectivity index (χ0v) is 18.1. The highest BCUT2D eigenvalue weighted by atomic mass is 79.9. The van der Waals surface area contributed by atoms with E-state index in [2.05, 4.69) is 31.8 Å². The quantitative estimate of drug-likeness (QED) is 0.568. The molecule has 0 spiro atoms. The van der Waals surface area contributed by atoms with Gasteiger partial charge < -0.3 is 19.5 Å². The van der Waals surface area contributed by atoms with Crippen LogP contribution in [-0.2, 0) is 4.74 Å². The fourth-order valence-corrected chi connectivity index (χ4v) is 3.63. The van der Waals surface area contributed by atoms with E-state index in [4.69, 9.17) is 21.1 Å². The summed E-state index contributed by atoms with van der Waals surface area (Å²) in [5.74, 6) is 0.810. The number of hydrogen-bond acceptors (Lipinski definition) is 5. The zero-order chi connectivity index (χ0) is 19.8. The third-order valence-electron chi connectivity index (χ3n) is 4.63. The van der Waals surface area contributed by atoms with E-state index in [1.807, 2.05) is 42.5 Å². The number of hydrogen-bond donors (Lipinski definition) is 1. The SMILES string of the molecule is O[C@H](COCCOc1ccc(Br)cc1)CN1CCN(c2cccc(Cl)c2)CC1. The van der Waals surface area contributed by atoms with Crippen LogP contribution in [0.25, 0.3) is 0 Å². The lowest BCUT2D eigenvalue weighted by molar-refractivity contribution is 0.00718. The van der Waals surface area contributed by atoms with Crippen LogP contribution >= 0.6 is 27.5 Å². The molecule has 1 heterocycles. The smallest absolute Gasteiger partial charge is 0.119 e. The van der Waals surface area contributed by atoms with Gasteiger partial charge in [-0.05, 0) is 42.5 Å². The molecule has 7 heteroatoms. The zero-order valence-electron chi connectivity index (χ0n) is 15.8. The topological polar surface area (TPSA) is 45.2 Å². The van der Waals surface area contributed by atoms with Crippen molar-refractivity contribution in [2.75, 3.05) is 57.4 Å². The molecule has 1 fully saturated rings. The van der Waals surface area contributed by atoms with E-state index in [0.29, 0.717) is 26.4 Å². The summed E-state index contributed by atoms with van der Waals surface area (Å²) in [6.07, 6.45) is -0.495. The Hall–Kier alpha value is -1.31. The van der Waals surface area contributed by atoms with Crippen molar-refractivity contribution in [3.05, 3.63) is 58.0 Å². The first-order chi connectivity index (χ1) is 13.6. The Morgan fingerprint density at radius 3 is 2.50 bits per heavy atom. The van der Waals surface area contributed by atoms with Gasteiger partial charge in [-0.2, -0.15) is 0 Å². The minimum atomic E-state index is -0.495. The van der Waals surface area contributed by atoms with Crippen LogP contribution in [0.4, 0.5) is 5.69 Å². The molecular weight excluding hydrogens is 444 g/mol. The first-order valence-corrected chi connectivity index (χ1v) is 10.6. The van der Waals surface area contributed by atoms with Gasteiger partial charge in [0, 0.05) is 47.9 Å². The van der Waals surface area contributed by atoms with E-state index in [-0.39, 0.29) is 0 Å². The maximum absolute atomic E-state index is 10.2. The van der Waals surface area contributed by atoms with Gasteiger partial charge in [0.2, 0.25) is 0 Å². The molecule has 28 heavy (non-hydrogen) atoms. The summed E-state index contributed by atoms with van der Waals surface area (Å²) in [5, 5.41) is 11.0. The van der Waals surface area contributed by atoms with Gasteiger partial charge in [-0.25, -0.2) is 0 Å². The maximum atomic E-state index is 10.2. The van der Waals surface area contributed by atoms with E-state index < -0.39 is 6.10 Å². The molecule has 1 atom stereocenters. The fourth-order valence-electron chi connectivity index (χ4n) is 3.18. The summed E-state index contributed by atoms with van der Waals surface area (Å²) in [7, 11) is 0. The first kappa shape index (κ1) is 21.4. The summed E-state index contributed by atoms with van der Waals surface area (Å²) in [6.45, 7) is 5.54. The number of aliphatic hydroxyl groups excluding tert-OH is 1. The number of halogens is 2. The third-order valence-corrected chi connectivity index (χ3v) is 5.40. The molecule has 2 aromatic carbocycles. The number of piperazine rings is 1. The number of aliphatic hydroxyl groups is 1. The maximum Gasteiger partial charge on any atom is 0.119 e. The van der Waals surface area contributed by atoms with Crippen LogP contribution in [0, 0.1) is 0 Å². The first-order valence-electron chi connectivity index (χ1n) is 9.47. The number of β-amino-alcohol motifs (C(OH)–C–C–N with tert-alkyl or cyclic N) is 1. The number of rotatable bonds is 9. The summed E-state index contributed by atoms with van der Waals surface area (Å²) in [6, 6.07) is 15.6. The van der Waals surface area contributed by atoms with Gasteiger partial charge in [0.25, 0.3) is 0 Å². The molecule has 2 aromatic rings. The van der Waals surface area contributed by atoms with Crippen LogP contribution < -0.4 is 9.64 Å². The standard InChI is InChI=1S/C21H26BrClN2O3/c22-17-4-6-21(7-5-17)28-13-12-27-16-20(26)15-24-8-10-25(11-9-24)19-3-1-2-18(23)14-19/h1-7,14,20,26H,8-13,15-16H2/t20-/m0/s1. The molecule has 0 aromatic heterocycles. The van der Waals surface area contributed by atoms with Crippen LogP contribution in [0.1, 0.15) is 0 Å². The molecule has 0 saturated carbocycles. The Labute approximate surface area is 179 Å². The Morgan fingerprint density at radius 2 is 1.79 bits per heavy atom. The molecule has 3 rings (SSSR count). The van der Waals surface area contributed by atoms with Crippen LogP contribution in [0.2, 0.25) is 5.02 Å². The Bertz CT molecular complexity index is 724. The van der Waals surface area contributed by atoms with Crippen LogP contribution in [0.15, 0.2) is 53.0 Å². The molecule has 1 saturated heterocycles. The second-order valence-electron chi connectivity index (χ2n) is 6.80. The average Bonchev–Trinajstić information content (AvgIpc) is 2.70. The average molecular weight is 470 g/mol. The second kappa shape index (κ2) is 11.0. The molecule has 5 nitrogen and oxygen atoms in total. The monoisotopic (exact) mass is 468 g/mol. The highest BCUT2D eigenvalue weighted by Gasteiger charge is 2.19. The van der Waals surface area contributed by atoms with Gasteiger partial charge in [0.1, 0.15) is 12.4 Å². The number of nitrogens with zero attached hydrogens (tertiary/aromatic N) is 2. The molecule has 1 N–H and O–H groups in total. The van der Waals surface area contributed by atoms with Crippen molar-refractivity contribution in [2.45, 2.75) is 6.10 Å². The van der Waals surface area contributed by atoms with Crippen LogP contribution in [-0.4, -0.2) is 68.7 Å². The third kappa shape index (κ3) is 6.94. The molecule has 0 amide bonds. The molecule has 0 radical (unpaired) electrons. The highest BCUT2D eigenvalue weighted by molar-refractivity contribution is 9.10. The minimum absolute atomic E-state index is 0.318. The van der Waals surface area contributed by atoms with Crippen molar-refractivity contribution in [3.63, 3.8) is 0 Å². The minimum Gasteiger partial charge on any atom is -0.491 e. The van der Waals surface area contributed by atoms with Crippen molar-refractivity contribution in [1.82, 2.24) is 4.90 Å². The number of ether oxygens (including phenoxy) is 2. The summed E-state index contributed by atoms with van der Waals surface area (Å²) >= 11 is 9.47. The Kier molecular flexibility index (Phi) is 8.43. The lowest BCUT2D eigenvalue weighted by Crippen LogP contribution is -2.49. The molecular formula is C21H26BrClN2O3. The number of benzene rings is 2. The van der Waals surface area contributed by atoms with Crippen molar-refractivity contribution in [2.24, 2.45) is 0 Å². The van der Waals surface area contributed by atoms with Crippen LogP contribution in [0.3, 0.4) is 0 Å². The van der Waals surface area contributed by atoms with Crippen molar-refractivity contribution < 1.29 is 14.6 Å². The lowest BCUT2D eigenvalue weighted by Gasteiger charge is -2.36. The summed E-state index contributed by atoms with van der Waals surface area (Å²) < 4.78 is 12.2. The Morgan fingerprint density at radius 1 is 1.04 bits per heavy atom. The van der Waals surface area contributed by atoms with Crippen molar-refractivity contribution in [3.8, 4) is 5.75 Å². The fraction of sp³-hybridized carbons (Fsp3) is 0.429. The summed E-state index contributed by atoms with van der Waals surface area (Å²) in [5.41, 5.74) is 1.15. The largest absolute Gasteiger partial charge is 0.491 e. The highest BCUT2D eigenvalue weighted by Crippen LogP contribution is 2.21. The lowest BCUT2D eigenvalue weighted by atomic mass is 10.2. The van der Waals surface area contributed by atoms with E-state index in [0.717, 1.165) is 47.1 Å². The number of anilines is 1. The van der Waals surface area contributed by atoms with Gasteiger partial charge in [0.15, 0.2) is 0 Å².